The maximum absolute atomic E-state index is 14.3. The zero-order valence-corrected chi connectivity index (χ0v) is 36.1. The summed E-state index contributed by atoms with van der Waals surface area (Å²) in [5.74, 6) is -2.57. The fourth-order valence-electron chi connectivity index (χ4n) is 5.59. The Kier molecular flexibility index (Phi) is 19.5. The predicted octanol–water partition coefficient (Wildman–Crippen LogP) is 4.87. The molecule has 0 unspecified atom stereocenters. The second-order valence-corrected chi connectivity index (χ2v) is 21.4. The van der Waals surface area contributed by atoms with Gasteiger partial charge in [-0.1, -0.05) is 69.2 Å². The van der Waals surface area contributed by atoms with Crippen LogP contribution < -0.4 is 10.6 Å². The van der Waals surface area contributed by atoms with Gasteiger partial charge in [0.05, 0.1) is 12.1 Å². The maximum Gasteiger partial charge on any atom is 0.324 e. The van der Waals surface area contributed by atoms with Gasteiger partial charge in [0, 0.05) is 41.0 Å². The van der Waals surface area contributed by atoms with Crippen LogP contribution >= 0.6 is 0 Å². The Morgan fingerprint density at radius 1 is 0.731 bits per heavy atom. The first-order chi connectivity index (χ1) is 23.7. The number of carbonyl (C=O) groups is 7. The highest BCUT2D eigenvalue weighted by Gasteiger charge is 2.42. The minimum Gasteiger partial charge on any atom is -0.412 e. The molecule has 0 aliphatic rings. The molecule has 5 atom stereocenters. The minimum atomic E-state index is -2.25. The third-order valence-corrected chi connectivity index (χ3v) is 14.5. The van der Waals surface area contributed by atoms with Crippen molar-refractivity contribution in [3.63, 3.8) is 0 Å². The van der Waals surface area contributed by atoms with Gasteiger partial charge < -0.3 is 29.2 Å². The van der Waals surface area contributed by atoms with Crippen molar-refractivity contribution in [2.45, 2.75) is 150 Å². The van der Waals surface area contributed by atoms with Gasteiger partial charge in [0.1, 0.15) is 24.4 Å². The van der Waals surface area contributed by atoms with Crippen LogP contribution in [0.15, 0.2) is 0 Å². The fraction of sp³-hybridized carbons (Fsp3) is 0.811. The number of likely N-dealkylation sites (N-methyl/N-ethyl adjacent to an activating group) is 4. The molecule has 2 N–H and O–H groups in total. The molecule has 0 bridgehead atoms. The molecule has 8 amide bonds. The van der Waals surface area contributed by atoms with E-state index in [1.54, 1.807) is 27.7 Å². The summed E-state index contributed by atoms with van der Waals surface area (Å²) in [6, 6.07) is -5.20. The van der Waals surface area contributed by atoms with Gasteiger partial charge in [-0.05, 0) is 55.7 Å². The van der Waals surface area contributed by atoms with Crippen molar-refractivity contribution in [3.05, 3.63) is 0 Å². The quantitative estimate of drug-likeness (QED) is 0.148. The standard InChI is InChI=1S/C37H70N6O8Si/c1-18-30(45)39-36(50)41(13)29(22-24(4)5)32(46)40(12)28(21-23(2)3)33(47)42(14)31(25(6)7)34(48)43(15)35(49)38-27(19-20-44)26(8)51-52(16,17)37(9,10)11/h20,23-29,31H,18-19,21-22H2,1-17H3,(H,38,49)(H,39,45,50)/t26-,27+,28-,29-,31-/m0/s1. The van der Waals surface area contributed by atoms with Crippen LogP contribution in [0.25, 0.3) is 0 Å². The Labute approximate surface area is 314 Å². The van der Waals surface area contributed by atoms with E-state index < -0.39 is 80.2 Å². The number of hydrogen-bond acceptors (Lipinski definition) is 8. The molecule has 15 heteroatoms. The highest BCUT2D eigenvalue weighted by Crippen LogP contribution is 2.37. The molecule has 0 saturated carbocycles. The lowest BCUT2D eigenvalue weighted by Gasteiger charge is -2.41. The molecule has 0 fully saturated rings. The van der Waals surface area contributed by atoms with Crippen molar-refractivity contribution >= 4 is 50.3 Å². The number of urea groups is 2. The maximum atomic E-state index is 14.3. The molecular formula is C37H70N6O8Si. The molecule has 0 aromatic rings. The second kappa shape index (κ2) is 20.8. The zero-order chi connectivity index (χ0) is 41.0. The Morgan fingerprint density at radius 3 is 1.60 bits per heavy atom. The number of amides is 8. The van der Waals surface area contributed by atoms with Gasteiger partial charge in [0.2, 0.25) is 17.7 Å². The van der Waals surface area contributed by atoms with Crippen LogP contribution in [0.3, 0.4) is 0 Å². The molecule has 0 aliphatic heterocycles. The van der Waals surface area contributed by atoms with E-state index in [4.69, 9.17) is 4.43 Å². The smallest absolute Gasteiger partial charge is 0.324 e. The molecule has 0 aromatic carbocycles. The molecule has 0 aromatic heterocycles. The molecule has 0 radical (unpaired) electrons. The van der Waals surface area contributed by atoms with Crippen molar-refractivity contribution in [1.29, 1.82) is 0 Å². The first-order valence-electron chi connectivity index (χ1n) is 18.5. The second-order valence-electron chi connectivity index (χ2n) is 16.6. The Morgan fingerprint density at radius 2 is 1.19 bits per heavy atom. The van der Waals surface area contributed by atoms with E-state index in [-0.39, 0.29) is 42.6 Å². The number of hydrogen-bond donors (Lipinski definition) is 2. The van der Waals surface area contributed by atoms with E-state index >= 15 is 0 Å². The van der Waals surface area contributed by atoms with Crippen LogP contribution in [0.1, 0.15) is 102 Å². The Hall–Kier alpha value is -3.33. The van der Waals surface area contributed by atoms with Gasteiger partial charge in [-0.25, -0.2) is 9.59 Å². The van der Waals surface area contributed by atoms with Crippen molar-refractivity contribution in [3.8, 4) is 0 Å². The summed E-state index contributed by atoms with van der Waals surface area (Å²) < 4.78 is 6.44. The Balaban J connectivity index is 6.44. The SMILES string of the molecule is CCC(=O)NC(=O)N(C)[C@@H](CC(C)C)C(=O)N(C)[C@@H](CC(C)C)C(=O)N(C)[C@H](C(=O)N(C)C(=O)N[C@H](CC=O)[C@H](C)O[Si](C)(C)C(C)(C)C)C(C)C. The average Bonchev–Trinajstić information content (AvgIpc) is 3.02. The van der Waals surface area contributed by atoms with E-state index in [1.807, 2.05) is 27.7 Å². The van der Waals surface area contributed by atoms with Crippen LogP contribution in [0.2, 0.25) is 18.1 Å². The molecule has 0 heterocycles. The van der Waals surface area contributed by atoms with Gasteiger partial charge in [0.25, 0.3) is 5.91 Å². The first-order valence-corrected chi connectivity index (χ1v) is 21.4. The van der Waals surface area contributed by atoms with E-state index in [1.165, 1.54) is 42.9 Å². The topological polar surface area (TPSA) is 166 Å². The lowest BCUT2D eigenvalue weighted by atomic mass is 9.96. The van der Waals surface area contributed by atoms with Crippen molar-refractivity contribution in [2.75, 3.05) is 28.2 Å². The lowest BCUT2D eigenvalue weighted by Crippen LogP contribution is -2.60. The largest absolute Gasteiger partial charge is 0.412 e. The molecule has 0 spiro atoms. The van der Waals surface area contributed by atoms with E-state index in [0.29, 0.717) is 6.29 Å². The van der Waals surface area contributed by atoms with E-state index in [0.717, 1.165) is 4.90 Å². The van der Waals surface area contributed by atoms with Gasteiger partial charge in [-0.15, -0.1) is 0 Å². The average molecular weight is 755 g/mol. The van der Waals surface area contributed by atoms with Crippen molar-refractivity contribution < 1.29 is 38.0 Å². The van der Waals surface area contributed by atoms with E-state index in [2.05, 4.69) is 44.5 Å². The third kappa shape index (κ3) is 13.9. The number of aldehydes is 1. The van der Waals surface area contributed by atoms with E-state index in [9.17, 15) is 33.6 Å². The fourth-order valence-corrected chi connectivity index (χ4v) is 7.03. The summed E-state index contributed by atoms with van der Waals surface area (Å²) in [5, 5.41) is 4.98. The van der Waals surface area contributed by atoms with Crippen LogP contribution in [0.4, 0.5) is 9.59 Å². The van der Waals surface area contributed by atoms with Gasteiger partial charge in [-0.2, -0.15) is 0 Å². The number of carbonyl (C=O) groups excluding carboxylic acids is 7. The van der Waals surface area contributed by atoms with Crippen LogP contribution in [0.5, 0.6) is 0 Å². The Bertz CT molecular complexity index is 1250. The molecule has 0 rings (SSSR count). The molecule has 300 valence electrons. The number of rotatable bonds is 18. The predicted molar refractivity (Wildman–Crippen MR) is 206 cm³/mol. The monoisotopic (exact) mass is 755 g/mol. The summed E-state index contributed by atoms with van der Waals surface area (Å²) in [7, 11) is 3.50. The molecular weight excluding hydrogens is 685 g/mol. The molecule has 52 heavy (non-hydrogen) atoms. The molecule has 14 nitrogen and oxygen atoms in total. The first kappa shape index (κ1) is 48.7. The summed E-state index contributed by atoms with van der Waals surface area (Å²) in [5.41, 5.74) is 0. The van der Waals surface area contributed by atoms with Gasteiger partial charge in [-0.3, -0.25) is 29.4 Å². The van der Waals surface area contributed by atoms with Crippen molar-refractivity contribution in [1.82, 2.24) is 30.2 Å². The third-order valence-electron chi connectivity index (χ3n) is 9.93. The lowest BCUT2D eigenvalue weighted by molar-refractivity contribution is -0.152. The van der Waals surface area contributed by atoms with Gasteiger partial charge in [0.15, 0.2) is 8.32 Å². The highest BCUT2D eigenvalue weighted by atomic mass is 28.4. The van der Waals surface area contributed by atoms with Crippen LogP contribution in [0, 0.1) is 17.8 Å². The summed E-state index contributed by atoms with van der Waals surface area (Å²) in [6.45, 7) is 25.0. The summed E-state index contributed by atoms with van der Waals surface area (Å²) in [4.78, 5) is 97.2. The normalized spacial score (nSPS) is 14.9. The minimum absolute atomic E-state index is 0.00115. The number of nitrogens with one attached hydrogen (secondary N) is 2. The van der Waals surface area contributed by atoms with Crippen LogP contribution in [-0.4, -0.2) is 128 Å². The molecule has 0 saturated heterocycles. The van der Waals surface area contributed by atoms with Crippen molar-refractivity contribution in [2.24, 2.45) is 17.8 Å². The number of nitrogens with zero attached hydrogens (tertiary/aromatic N) is 4. The summed E-state index contributed by atoms with van der Waals surface area (Å²) >= 11 is 0. The zero-order valence-electron chi connectivity index (χ0n) is 35.1. The highest BCUT2D eigenvalue weighted by molar-refractivity contribution is 6.74. The molecule has 0 aliphatic carbocycles. The van der Waals surface area contributed by atoms with Crippen LogP contribution in [-0.2, 0) is 28.4 Å². The van der Waals surface area contributed by atoms with Gasteiger partial charge >= 0.3 is 12.1 Å². The number of imide groups is 2. The summed E-state index contributed by atoms with van der Waals surface area (Å²) in [6.07, 6.45) is 0.814.